The molecule has 0 unspecified atom stereocenters. The van der Waals surface area contributed by atoms with Crippen molar-refractivity contribution in [2.24, 2.45) is 0 Å². The van der Waals surface area contributed by atoms with Crippen LogP contribution in [-0.2, 0) is 0 Å². The molecule has 0 radical (unpaired) electrons. The molecule has 0 atom stereocenters. The molecule has 0 saturated carbocycles. The van der Waals surface area contributed by atoms with Gasteiger partial charge < -0.3 is 11.5 Å². The van der Waals surface area contributed by atoms with E-state index in [1.54, 1.807) is 18.2 Å². The highest BCUT2D eigenvalue weighted by atomic mass is 35.5. The summed E-state index contributed by atoms with van der Waals surface area (Å²) in [6, 6.07) is 5.10. The minimum Gasteiger partial charge on any atom is -0.368 e. The third-order valence-corrected chi connectivity index (χ3v) is 2.31. The Hall–Kier alpha value is -2.19. The predicted molar refractivity (Wildman–Crippen MR) is 63.1 cm³/mol. The highest BCUT2D eigenvalue weighted by Gasteiger charge is 2.07. The van der Waals surface area contributed by atoms with Crippen molar-refractivity contribution < 1.29 is 0 Å². The quantitative estimate of drug-likeness (QED) is 0.722. The number of nitrogens with zero attached hydrogens (tertiary/aromatic N) is 3. The average molecular weight is 234 g/mol. The summed E-state index contributed by atoms with van der Waals surface area (Å²) in [6.07, 6.45) is 5.26. The summed E-state index contributed by atoms with van der Waals surface area (Å²) in [4.78, 5) is 3.78. The van der Waals surface area contributed by atoms with Crippen molar-refractivity contribution >= 4 is 23.5 Å². The highest BCUT2D eigenvalue weighted by Crippen LogP contribution is 2.20. The van der Waals surface area contributed by atoms with Gasteiger partial charge in [0, 0.05) is 5.56 Å². The van der Waals surface area contributed by atoms with Crippen LogP contribution in [0.2, 0.25) is 5.02 Å². The molecule has 1 aromatic heterocycles. The lowest BCUT2D eigenvalue weighted by atomic mass is 10.2. The van der Waals surface area contributed by atoms with Crippen molar-refractivity contribution in [2.75, 3.05) is 11.5 Å². The van der Waals surface area contributed by atoms with Crippen LogP contribution in [-0.4, -0.2) is 14.8 Å². The molecule has 2 aromatic rings. The molecule has 6 heteroatoms. The molecule has 0 aliphatic carbocycles. The van der Waals surface area contributed by atoms with Gasteiger partial charge in [-0.1, -0.05) is 17.5 Å². The van der Waals surface area contributed by atoms with Crippen LogP contribution in [0.1, 0.15) is 5.56 Å². The largest absolute Gasteiger partial charge is 0.368 e. The van der Waals surface area contributed by atoms with Gasteiger partial charge in [-0.15, -0.1) is 11.5 Å². The number of nitrogen functional groups attached to an aromatic ring is 2. The number of hydrogen-bond donors (Lipinski definition) is 2. The molecule has 0 aliphatic heterocycles. The van der Waals surface area contributed by atoms with Crippen molar-refractivity contribution in [1.82, 2.24) is 14.8 Å². The number of halogens is 1. The first kappa shape index (κ1) is 10.3. The first-order chi connectivity index (χ1) is 7.61. The molecule has 0 amide bonds. The Morgan fingerprint density at radius 1 is 1.38 bits per heavy atom. The number of hydrogen-bond acceptors (Lipinski definition) is 4. The number of benzene rings is 1. The molecule has 0 fully saturated rings. The molecule has 16 heavy (non-hydrogen) atoms. The van der Waals surface area contributed by atoms with E-state index in [0.29, 0.717) is 16.3 Å². The van der Waals surface area contributed by atoms with Crippen LogP contribution >= 0.6 is 11.6 Å². The summed E-state index contributed by atoms with van der Waals surface area (Å²) in [5.74, 6) is 2.76. The van der Waals surface area contributed by atoms with Crippen molar-refractivity contribution in [3.8, 4) is 18.0 Å². The summed E-state index contributed by atoms with van der Waals surface area (Å²) in [7, 11) is 0. The van der Waals surface area contributed by atoms with Gasteiger partial charge in [0.25, 0.3) is 0 Å². The fourth-order valence-corrected chi connectivity index (χ4v) is 1.51. The first-order valence-corrected chi connectivity index (χ1v) is 4.74. The van der Waals surface area contributed by atoms with Crippen LogP contribution in [0.4, 0.5) is 11.9 Å². The SMILES string of the molecule is C#Cc1ccc(-n2nc(N)nc2N)cc1Cl. The predicted octanol–water partition coefficient (Wildman–Crippen LogP) is 1.07. The van der Waals surface area contributed by atoms with Crippen LogP contribution in [0.25, 0.3) is 5.69 Å². The molecular formula is C10H8ClN5. The fourth-order valence-electron chi connectivity index (χ4n) is 1.28. The van der Waals surface area contributed by atoms with E-state index in [4.69, 9.17) is 29.5 Å². The van der Waals surface area contributed by atoms with Crippen LogP contribution in [0.5, 0.6) is 0 Å². The molecule has 2 rings (SSSR count). The van der Waals surface area contributed by atoms with Gasteiger partial charge in [0.15, 0.2) is 0 Å². The number of aromatic nitrogens is 3. The van der Waals surface area contributed by atoms with E-state index in [2.05, 4.69) is 16.0 Å². The van der Waals surface area contributed by atoms with Crippen LogP contribution < -0.4 is 11.5 Å². The summed E-state index contributed by atoms with van der Waals surface area (Å²) in [6.45, 7) is 0. The van der Waals surface area contributed by atoms with E-state index in [1.165, 1.54) is 4.68 Å². The maximum atomic E-state index is 5.96. The van der Waals surface area contributed by atoms with Crippen molar-refractivity contribution in [2.45, 2.75) is 0 Å². The number of anilines is 2. The van der Waals surface area contributed by atoms with E-state index in [0.717, 1.165) is 0 Å². The maximum absolute atomic E-state index is 5.96. The zero-order valence-electron chi connectivity index (χ0n) is 8.18. The smallest absolute Gasteiger partial charge is 0.241 e. The van der Waals surface area contributed by atoms with Crippen molar-refractivity contribution in [3.63, 3.8) is 0 Å². The van der Waals surface area contributed by atoms with E-state index in [-0.39, 0.29) is 11.9 Å². The molecule has 5 nitrogen and oxygen atoms in total. The second-order valence-electron chi connectivity index (χ2n) is 3.05. The average Bonchev–Trinajstić information content (AvgIpc) is 2.58. The first-order valence-electron chi connectivity index (χ1n) is 4.36. The summed E-state index contributed by atoms with van der Waals surface area (Å²) in [5, 5.41) is 4.38. The third-order valence-electron chi connectivity index (χ3n) is 2.00. The molecule has 0 bridgehead atoms. The minimum atomic E-state index is 0.106. The minimum absolute atomic E-state index is 0.106. The summed E-state index contributed by atoms with van der Waals surface area (Å²) in [5.41, 5.74) is 12.3. The summed E-state index contributed by atoms with van der Waals surface area (Å²) >= 11 is 5.96. The third kappa shape index (κ3) is 1.66. The molecule has 1 heterocycles. The molecule has 4 N–H and O–H groups in total. The zero-order chi connectivity index (χ0) is 11.7. The molecular weight excluding hydrogens is 226 g/mol. The molecule has 0 spiro atoms. The Bertz CT molecular complexity index is 581. The van der Waals surface area contributed by atoms with Gasteiger partial charge in [-0.25, -0.2) is 0 Å². The number of terminal acetylenes is 1. The van der Waals surface area contributed by atoms with Gasteiger partial charge >= 0.3 is 0 Å². The molecule has 80 valence electrons. The standard InChI is InChI=1S/C10H8ClN5/c1-2-6-3-4-7(5-8(6)11)16-10(13)14-9(12)15-16/h1,3-5H,(H4,12,13,14,15). The maximum Gasteiger partial charge on any atom is 0.241 e. The van der Waals surface area contributed by atoms with E-state index < -0.39 is 0 Å². The lowest BCUT2D eigenvalue weighted by Gasteiger charge is -2.03. The second kappa shape index (κ2) is 3.76. The summed E-state index contributed by atoms with van der Waals surface area (Å²) < 4.78 is 1.39. The second-order valence-corrected chi connectivity index (χ2v) is 3.46. The highest BCUT2D eigenvalue weighted by molar-refractivity contribution is 6.31. The molecule has 0 aliphatic rings. The normalized spacial score (nSPS) is 10.0. The Balaban J connectivity index is 2.54. The van der Waals surface area contributed by atoms with Crippen molar-refractivity contribution in [3.05, 3.63) is 28.8 Å². The number of nitrogens with two attached hydrogens (primary N) is 2. The van der Waals surface area contributed by atoms with Crippen LogP contribution in [0.15, 0.2) is 18.2 Å². The van der Waals surface area contributed by atoms with Gasteiger partial charge in [0.2, 0.25) is 11.9 Å². The van der Waals surface area contributed by atoms with E-state index in [1.807, 2.05) is 0 Å². The van der Waals surface area contributed by atoms with Gasteiger partial charge in [-0.05, 0) is 18.2 Å². The Kier molecular flexibility index (Phi) is 2.43. The Labute approximate surface area is 97.0 Å². The van der Waals surface area contributed by atoms with Gasteiger partial charge in [-0.3, -0.25) is 0 Å². The van der Waals surface area contributed by atoms with Crippen LogP contribution in [0.3, 0.4) is 0 Å². The molecule has 1 aromatic carbocycles. The Morgan fingerprint density at radius 3 is 2.62 bits per heavy atom. The van der Waals surface area contributed by atoms with Crippen LogP contribution in [0, 0.1) is 12.3 Å². The topological polar surface area (TPSA) is 82.8 Å². The number of rotatable bonds is 1. The fraction of sp³-hybridized carbons (Fsp3) is 0. The molecule has 0 saturated heterocycles. The zero-order valence-corrected chi connectivity index (χ0v) is 8.94. The van der Waals surface area contributed by atoms with Gasteiger partial charge in [0.1, 0.15) is 0 Å². The lowest BCUT2D eigenvalue weighted by Crippen LogP contribution is -2.02. The monoisotopic (exact) mass is 233 g/mol. The van der Waals surface area contributed by atoms with E-state index in [9.17, 15) is 0 Å². The van der Waals surface area contributed by atoms with Gasteiger partial charge in [-0.2, -0.15) is 9.67 Å². The lowest BCUT2D eigenvalue weighted by molar-refractivity contribution is 0.895. The van der Waals surface area contributed by atoms with Crippen molar-refractivity contribution in [1.29, 1.82) is 0 Å². The van der Waals surface area contributed by atoms with Gasteiger partial charge in [0.05, 0.1) is 10.7 Å². The van der Waals surface area contributed by atoms with E-state index >= 15 is 0 Å². The Morgan fingerprint density at radius 2 is 2.12 bits per heavy atom.